The monoisotopic (exact) mass is 234 g/mol. The minimum Gasteiger partial charge on any atom is -0.394 e. The molecule has 0 amide bonds. The van der Waals surface area contributed by atoms with Crippen molar-refractivity contribution in [3.63, 3.8) is 0 Å². The summed E-state index contributed by atoms with van der Waals surface area (Å²) in [6.45, 7) is 5.27. The molecule has 0 aromatic heterocycles. The minimum absolute atomic E-state index is 0.129. The zero-order chi connectivity index (χ0) is 12.5. The maximum absolute atomic E-state index is 9.27. The Morgan fingerprint density at radius 1 is 1.41 bits per heavy atom. The number of hydrogen-bond acceptors (Lipinski definition) is 3. The molecule has 0 saturated heterocycles. The zero-order valence-corrected chi connectivity index (χ0v) is 11.0. The lowest BCUT2D eigenvalue weighted by molar-refractivity contribution is 0.234. The van der Waals surface area contributed by atoms with Crippen LogP contribution < -0.4 is 10.2 Å². The maximum Gasteiger partial charge on any atom is 0.0656 e. The molecule has 1 aliphatic heterocycles. The van der Waals surface area contributed by atoms with E-state index in [1.807, 2.05) is 13.8 Å². The number of aliphatic hydroxyl groups is 1. The number of aryl methyl sites for hydroxylation is 1. The molecule has 0 radical (unpaired) electrons. The van der Waals surface area contributed by atoms with Crippen LogP contribution in [0.25, 0.3) is 0 Å². The van der Waals surface area contributed by atoms with Crippen LogP contribution in [0.3, 0.4) is 0 Å². The maximum atomic E-state index is 9.27. The highest BCUT2D eigenvalue weighted by atomic mass is 16.3. The average molecular weight is 234 g/mol. The first-order valence-electron chi connectivity index (χ1n) is 6.25. The highest BCUT2D eigenvalue weighted by Gasteiger charge is 2.18. The van der Waals surface area contributed by atoms with Gasteiger partial charge >= 0.3 is 0 Å². The van der Waals surface area contributed by atoms with Crippen molar-refractivity contribution in [2.24, 2.45) is 0 Å². The Kier molecular flexibility index (Phi) is 3.29. The summed E-state index contributed by atoms with van der Waals surface area (Å²) in [5.74, 6) is 0. The van der Waals surface area contributed by atoms with Crippen LogP contribution in [0.5, 0.6) is 0 Å². The predicted molar refractivity (Wildman–Crippen MR) is 72.8 cm³/mol. The molecule has 94 valence electrons. The van der Waals surface area contributed by atoms with Gasteiger partial charge in [0.25, 0.3) is 0 Å². The molecule has 1 heterocycles. The number of anilines is 2. The van der Waals surface area contributed by atoms with Crippen molar-refractivity contribution in [2.75, 3.05) is 30.4 Å². The normalized spacial score (nSPS) is 15.6. The highest BCUT2D eigenvalue weighted by molar-refractivity contribution is 5.62. The molecule has 3 heteroatoms. The van der Waals surface area contributed by atoms with Gasteiger partial charge in [-0.1, -0.05) is 0 Å². The number of nitrogens with zero attached hydrogens (tertiary/aromatic N) is 1. The van der Waals surface area contributed by atoms with Crippen LogP contribution in [0.1, 0.15) is 25.8 Å². The van der Waals surface area contributed by atoms with E-state index in [0.29, 0.717) is 0 Å². The summed E-state index contributed by atoms with van der Waals surface area (Å²) in [4.78, 5) is 2.31. The van der Waals surface area contributed by atoms with E-state index in [1.54, 1.807) is 0 Å². The van der Waals surface area contributed by atoms with Gasteiger partial charge in [-0.05, 0) is 50.5 Å². The Hall–Kier alpha value is -1.22. The molecule has 0 atom stereocenters. The number of fused-ring (bicyclic) bond motifs is 1. The van der Waals surface area contributed by atoms with Crippen LogP contribution in [0.15, 0.2) is 18.2 Å². The van der Waals surface area contributed by atoms with Crippen LogP contribution in [0.2, 0.25) is 0 Å². The molecule has 1 aromatic rings. The van der Waals surface area contributed by atoms with Gasteiger partial charge in [0, 0.05) is 25.0 Å². The van der Waals surface area contributed by atoms with Crippen molar-refractivity contribution in [2.45, 2.75) is 32.2 Å². The quantitative estimate of drug-likeness (QED) is 0.842. The largest absolute Gasteiger partial charge is 0.394 e. The van der Waals surface area contributed by atoms with E-state index in [9.17, 15) is 5.11 Å². The minimum atomic E-state index is -0.269. The lowest BCUT2D eigenvalue weighted by atomic mass is 10.00. The first-order chi connectivity index (χ1) is 8.02. The number of hydrogen-bond donors (Lipinski definition) is 2. The van der Waals surface area contributed by atoms with Gasteiger partial charge in [-0.3, -0.25) is 0 Å². The van der Waals surface area contributed by atoms with Gasteiger partial charge in [-0.2, -0.15) is 0 Å². The molecule has 1 aromatic carbocycles. The van der Waals surface area contributed by atoms with Crippen molar-refractivity contribution in [1.82, 2.24) is 0 Å². The van der Waals surface area contributed by atoms with Gasteiger partial charge in [0.2, 0.25) is 0 Å². The molecule has 1 aliphatic rings. The summed E-state index contributed by atoms with van der Waals surface area (Å²) >= 11 is 0. The Bertz CT molecular complexity index is 401. The smallest absolute Gasteiger partial charge is 0.0656 e. The number of aliphatic hydroxyl groups excluding tert-OH is 1. The van der Waals surface area contributed by atoms with E-state index in [4.69, 9.17) is 0 Å². The van der Waals surface area contributed by atoms with Crippen molar-refractivity contribution < 1.29 is 5.11 Å². The second-order valence-corrected chi connectivity index (χ2v) is 5.54. The van der Waals surface area contributed by atoms with Crippen LogP contribution in [0.4, 0.5) is 11.4 Å². The van der Waals surface area contributed by atoms with E-state index >= 15 is 0 Å². The molecule has 0 fully saturated rings. The Morgan fingerprint density at radius 3 is 2.88 bits per heavy atom. The summed E-state index contributed by atoms with van der Waals surface area (Å²) < 4.78 is 0. The molecule has 17 heavy (non-hydrogen) atoms. The first-order valence-corrected chi connectivity index (χ1v) is 6.25. The summed E-state index contributed by atoms with van der Waals surface area (Å²) in [5.41, 5.74) is 3.56. The summed E-state index contributed by atoms with van der Waals surface area (Å²) in [6.07, 6.45) is 2.37. The fourth-order valence-corrected chi connectivity index (χ4v) is 2.29. The van der Waals surface area contributed by atoms with Gasteiger partial charge in [-0.25, -0.2) is 0 Å². The number of rotatable bonds is 3. The molecule has 0 saturated carbocycles. The van der Waals surface area contributed by atoms with E-state index in [2.05, 4.69) is 35.5 Å². The molecular formula is C14H22N2O. The third-order valence-corrected chi connectivity index (χ3v) is 3.31. The van der Waals surface area contributed by atoms with Crippen LogP contribution in [-0.2, 0) is 6.42 Å². The van der Waals surface area contributed by atoms with Crippen LogP contribution >= 0.6 is 0 Å². The molecule has 0 unspecified atom stereocenters. The van der Waals surface area contributed by atoms with Crippen LogP contribution in [-0.4, -0.2) is 30.8 Å². The standard InChI is InChI=1S/C14H22N2O/c1-14(2,10-17)15-12-6-7-13-11(9-12)5-4-8-16(13)3/h6-7,9,15,17H,4-5,8,10H2,1-3H3. The van der Waals surface area contributed by atoms with Gasteiger partial charge in [0.05, 0.1) is 12.1 Å². The third-order valence-electron chi connectivity index (χ3n) is 3.31. The summed E-state index contributed by atoms with van der Waals surface area (Å²) in [5, 5.41) is 12.6. The molecule has 0 bridgehead atoms. The Balaban J connectivity index is 2.22. The highest BCUT2D eigenvalue weighted by Crippen LogP contribution is 2.29. The van der Waals surface area contributed by atoms with E-state index in [1.165, 1.54) is 17.7 Å². The van der Waals surface area contributed by atoms with Crippen molar-refractivity contribution in [3.8, 4) is 0 Å². The lowest BCUT2D eigenvalue weighted by Crippen LogP contribution is -2.35. The van der Waals surface area contributed by atoms with Crippen molar-refractivity contribution >= 4 is 11.4 Å². The first kappa shape index (κ1) is 12.2. The topological polar surface area (TPSA) is 35.5 Å². The van der Waals surface area contributed by atoms with E-state index < -0.39 is 0 Å². The molecule has 2 N–H and O–H groups in total. The van der Waals surface area contributed by atoms with Crippen LogP contribution in [0, 0.1) is 0 Å². The van der Waals surface area contributed by atoms with E-state index in [-0.39, 0.29) is 12.1 Å². The van der Waals surface area contributed by atoms with E-state index in [0.717, 1.165) is 18.7 Å². The average Bonchev–Trinajstić information content (AvgIpc) is 2.29. The zero-order valence-electron chi connectivity index (χ0n) is 11.0. The van der Waals surface area contributed by atoms with Gasteiger partial charge in [-0.15, -0.1) is 0 Å². The molecular weight excluding hydrogens is 212 g/mol. The fraction of sp³-hybridized carbons (Fsp3) is 0.571. The SMILES string of the molecule is CN1CCCc2cc(NC(C)(C)CO)ccc21. The number of benzene rings is 1. The lowest BCUT2D eigenvalue weighted by Gasteiger charge is -2.30. The van der Waals surface area contributed by atoms with Crippen molar-refractivity contribution in [3.05, 3.63) is 23.8 Å². The number of nitrogens with one attached hydrogen (secondary N) is 1. The summed E-state index contributed by atoms with van der Waals surface area (Å²) in [7, 11) is 2.14. The van der Waals surface area contributed by atoms with Gasteiger partial charge in [0.15, 0.2) is 0 Å². The second-order valence-electron chi connectivity index (χ2n) is 5.54. The second kappa shape index (κ2) is 4.57. The summed E-state index contributed by atoms with van der Waals surface area (Å²) in [6, 6.07) is 6.48. The third kappa shape index (κ3) is 2.72. The molecule has 3 nitrogen and oxygen atoms in total. The Morgan fingerprint density at radius 2 is 2.18 bits per heavy atom. The van der Waals surface area contributed by atoms with Crippen molar-refractivity contribution in [1.29, 1.82) is 0 Å². The molecule has 0 spiro atoms. The van der Waals surface area contributed by atoms with Gasteiger partial charge < -0.3 is 15.3 Å². The Labute approximate surface area is 103 Å². The fourth-order valence-electron chi connectivity index (χ4n) is 2.29. The molecule has 0 aliphatic carbocycles. The predicted octanol–water partition coefficient (Wildman–Crippen LogP) is 2.25. The molecule has 2 rings (SSSR count). The van der Waals surface area contributed by atoms with Gasteiger partial charge in [0.1, 0.15) is 0 Å².